The molecule has 0 radical (unpaired) electrons. The Morgan fingerprint density at radius 1 is 1.21 bits per heavy atom. The van der Waals surface area contributed by atoms with Gasteiger partial charge in [-0.3, -0.25) is 14.9 Å². The van der Waals surface area contributed by atoms with Crippen LogP contribution in [0, 0.1) is 24.0 Å². The van der Waals surface area contributed by atoms with Gasteiger partial charge in [0.05, 0.1) is 16.0 Å². The predicted octanol–water partition coefficient (Wildman–Crippen LogP) is 2.18. The summed E-state index contributed by atoms with van der Waals surface area (Å²) in [7, 11) is -3.78. The van der Waals surface area contributed by atoms with E-state index < -0.39 is 27.5 Å². The van der Waals surface area contributed by atoms with E-state index in [4.69, 9.17) is 9.88 Å². The molecule has 33 heavy (non-hydrogen) atoms. The summed E-state index contributed by atoms with van der Waals surface area (Å²) >= 11 is 0. The van der Waals surface area contributed by atoms with E-state index in [2.05, 4.69) is 10.5 Å². The molecule has 0 saturated carbocycles. The van der Waals surface area contributed by atoms with E-state index in [0.29, 0.717) is 0 Å². The van der Waals surface area contributed by atoms with Crippen molar-refractivity contribution in [2.24, 2.45) is 10.2 Å². The normalized spacial score (nSPS) is 11.5. The molecule has 3 N–H and O–H groups in total. The van der Waals surface area contributed by atoms with E-state index in [9.17, 15) is 23.3 Å². The number of amides is 1. The molecule has 12 heteroatoms. The van der Waals surface area contributed by atoms with Crippen molar-refractivity contribution in [3.63, 3.8) is 0 Å². The van der Waals surface area contributed by atoms with Crippen LogP contribution in [0.25, 0.3) is 5.69 Å². The van der Waals surface area contributed by atoms with E-state index in [-0.39, 0.29) is 16.3 Å². The highest BCUT2D eigenvalue weighted by molar-refractivity contribution is 7.89. The molecule has 2 aromatic carbocycles. The molecule has 1 heterocycles. The number of aryl methyl sites for hydroxylation is 1. The van der Waals surface area contributed by atoms with Crippen LogP contribution in [0.1, 0.15) is 17.0 Å². The Kier molecular flexibility index (Phi) is 6.89. The van der Waals surface area contributed by atoms with Crippen LogP contribution in [0.5, 0.6) is 5.75 Å². The minimum Gasteiger partial charge on any atom is -0.477 e. The van der Waals surface area contributed by atoms with E-state index >= 15 is 0 Å². The standard InChI is InChI=1S/C21H21N5O6S/c1-14-11-16(15(2)25(14)17-7-9-18(10-8-17)33(22,30)31)12-23-24-21(27)13-32-20-6-4-3-5-19(20)26(28)29/h3-12H,13H2,1-2H3,(H,24,27)(H2,22,30,31)/b23-12+. The molecule has 0 fully saturated rings. The van der Waals surface area contributed by atoms with Crippen molar-refractivity contribution in [1.82, 2.24) is 9.99 Å². The number of nitrogens with zero attached hydrogens (tertiary/aromatic N) is 3. The zero-order chi connectivity index (χ0) is 24.2. The molecular formula is C21H21N5O6S. The topological polar surface area (TPSA) is 159 Å². The van der Waals surface area contributed by atoms with Crippen molar-refractivity contribution in [2.45, 2.75) is 18.7 Å². The number of para-hydroxylation sites is 2. The molecule has 172 valence electrons. The number of benzene rings is 2. The van der Waals surface area contributed by atoms with Gasteiger partial charge in [0.15, 0.2) is 12.4 Å². The van der Waals surface area contributed by atoms with Crippen molar-refractivity contribution < 1.29 is 22.9 Å². The molecule has 0 spiro atoms. The number of sulfonamides is 1. The number of ether oxygens (including phenoxy) is 1. The molecule has 3 aromatic rings. The third-order valence-corrected chi connectivity index (χ3v) is 5.64. The molecule has 0 bridgehead atoms. The lowest BCUT2D eigenvalue weighted by atomic mass is 10.2. The lowest BCUT2D eigenvalue weighted by molar-refractivity contribution is -0.385. The fourth-order valence-corrected chi connectivity index (χ4v) is 3.70. The number of aromatic nitrogens is 1. The molecule has 11 nitrogen and oxygen atoms in total. The van der Waals surface area contributed by atoms with E-state index in [1.54, 1.807) is 18.2 Å². The number of primary sulfonamides is 1. The van der Waals surface area contributed by atoms with Crippen LogP contribution in [-0.2, 0) is 14.8 Å². The summed E-state index contributed by atoms with van der Waals surface area (Å²) in [6.45, 7) is 3.27. The number of hydrogen-bond acceptors (Lipinski definition) is 7. The Bertz CT molecular complexity index is 1330. The molecular weight excluding hydrogens is 450 g/mol. The quantitative estimate of drug-likeness (QED) is 0.291. The number of carbonyl (C=O) groups excluding carboxylic acids is 1. The second-order valence-corrected chi connectivity index (χ2v) is 8.57. The van der Waals surface area contributed by atoms with Crippen molar-refractivity contribution in [1.29, 1.82) is 0 Å². The van der Waals surface area contributed by atoms with Crippen molar-refractivity contribution in [3.05, 3.63) is 81.7 Å². The first-order valence-corrected chi connectivity index (χ1v) is 11.1. The minimum absolute atomic E-state index is 0.0151. The second kappa shape index (κ2) is 9.63. The number of carbonyl (C=O) groups is 1. The highest BCUT2D eigenvalue weighted by Gasteiger charge is 2.15. The first-order valence-electron chi connectivity index (χ1n) is 9.58. The monoisotopic (exact) mass is 471 g/mol. The van der Waals surface area contributed by atoms with E-state index in [0.717, 1.165) is 22.6 Å². The van der Waals surface area contributed by atoms with Gasteiger partial charge in [-0.15, -0.1) is 0 Å². The van der Waals surface area contributed by atoms with Gasteiger partial charge in [0.25, 0.3) is 5.91 Å². The van der Waals surface area contributed by atoms with Gasteiger partial charge < -0.3 is 9.30 Å². The number of rotatable bonds is 8. The van der Waals surface area contributed by atoms with Crippen molar-refractivity contribution in [3.8, 4) is 11.4 Å². The molecule has 0 atom stereocenters. The molecule has 0 aliphatic rings. The van der Waals surface area contributed by atoms with Gasteiger partial charge in [-0.05, 0) is 50.2 Å². The molecule has 1 aromatic heterocycles. The third-order valence-electron chi connectivity index (χ3n) is 4.71. The van der Waals surface area contributed by atoms with Crippen molar-refractivity contribution >= 4 is 27.8 Å². The molecule has 0 aliphatic heterocycles. The number of hydrazone groups is 1. The first-order chi connectivity index (χ1) is 15.6. The van der Waals surface area contributed by atoms with Crippen LogP contribution >= 0.6 is 0 Å². The van der Waals surface area contributed by atoms with E-state index in [1.807, 2.05) is 24.5 Å². The van der Waals surface area contributed by atoms with Gasteiger partial charge in [0.2, 0.25) is 10.0 Å². The Hall–Kier alpha value is -4.03. The van der Waals surface area contributed by atoms with E-state index in [1.165, 1.54) is 36.5 Å². The zero-order valence-electron chi connectivity index (χ0n) is 17.8. The molecule has 3 rings (SSSR count). The molecule has 0 unspecified atom stereocenters. The summed E-state index contributed by atoms with van der Waals surface area (Å²) in [6, 6.07) is 13.7. The fourth-order valence-electron chi connectivity index (χ4n) is 3.18. The second-order valence-electron chi connectivity index (χ2n) is 7.01. The predicted molar refractivity (Wildman–Crippen MR) is 121 cm³/mol. The van der Waals surface area contributed by atoms with Gasteiger partial charge in [0.1, 0.15) is 0 Å². The van der Waals surface area contributed by atoms with Crippen molar-refractivity contribution in [2.75, 3.05) is 6.61 Å². The summed E-state index contributed by atoms with van der Waals surface area (Å²) in [5.41, 5.74) is 5.21. The summed E-state index contributed by atoms with van der Waals surface area (Å²) in [4.78, 5) is 22.4. The Morgan fingerprint density at radius 2 is 1.88 bits per heavy atom. The average molecular weight is 471 g/mol. The van der Waals surface area contributed by atoms with Crippen LogP contribution in [0.15, 0.2) is 64.6 Å². The lowest BCUT2D eigenvalue weighted by Gasteiger charge is -2.10. The number of nitrogens with one attached hydrogen (secondary N) is 1. The summed E-state index contributed by atoms with van der Waals surface area (Å²) < 4.78 is 30.0. The maximum absolute atomic E-state index is 12.0. The smallest absolute Gasteiger partial charge is 0.310 e. The third kappa shape index (κ3) is 5.61. The number of hydrogen-bond donors (Lipinski definition) is 2. The fraction of sp³-hybridized carbons (Fsp3) is 0.143. The van der Waals surface area contributed by atoms with Gasteiger partial charge in [-0.1, -0.05) is 12.1 Å². The van der Waals surface area contributed by atoms with Gasteiger partial charge in [0, 0.05) is 28.7 Å². The van der Waals surface area contributed by atoms with Gasteiger partial charge in [-0.25, -0.2) is 19.0 Å². The molecule has 1 amide bonds. The SMILES string of the molecule is Cc1cc(/C=N/NC(=O)COc2ccccc2[N+](=O)[O-])c(C)n1-c1ccc(S(N)(=O)=O)cc1. The lowest BCUT2D eigenvalue weighted by Crippen LogP contribution is -2.24. The van der Waals surface area contributed by atoms with Crippen LogP contribution in [-0.4, -0.2) is 36.6 Å². The van der Waals surface area contributed by atoms with Gasteiger partial charge in [-0.2, -0.15) is 5.10 Å². The molecule has 0 aliphatic carbocycles. The van der Waals surface area contributed by atoms with Crippen LogP contribution in [0.3, 0.4) is 0 Å². The Labute approximate surface area is 189 Å². The zero-order valence-corrected chi connectivity index (χ0v) is 18.6. The minimum atomic E-state index is -3.78. The summed E-state index contributed by atoms with van der Waals surface area (Å²) in [5, 5.41) is 20.0. The Balaban J connectivity index is 1.66. The average Bonchev–Trinajstić information content (AvgIpc) is 3.05. The maximum atomic E-state index is 12.0. The summed E-state index contributed by atoms with van der Waals surface area (Å²) in [5.74, 6) is -0.601. The number of nitro benzene ring substituents is 1. The Morgan fingerprint density at radius 3 is 2.52 bits per heavy atom. The number of nitrogens with two attached hydrogens (primary N) is 1. The largest absolute Gasteiger partial charge is 0.477 e. The highest BCUT2D eigenvalue weighted by Crippen LogP contribution is 2.25. The maximum Gasteiger partial charge on any atom is 0.310 e. The number of nitro groups is 1. The van der Waals surface area contributed by atoms with Crippen LogP contribution in [0.4, 0.5) is 5.69 Å². The summed E-state index contributed by atoms with van der Waals surface area (Å²) in [6.07, 6.45) is 1.46. The van der Waals surface area contributed by atoms with Crippen LogP contribution < -0.4 is 15.3 Å². The van der Waals surface area contributed by atoms with Gasteiger partial charge >= 0.3 is 5.69 Å². The van der Waals surface area contributed by atoms with Crippen LogP contribution in [0.2, 0.25) is 0 Å². The first kappa shape index (κ1) is 23.6. The molecule has 0 saturated heterocycles. The highest BCUT2D eigenvalue weighted by atomic mass is 32.2.